The molecule has 3 aromatic heterocycles. The van der Waals surface area contributed by atoms with Crippen LogP contribution in [0.2, 0.25) is 0 Å². The van der Waals surface area contributed by atoms with Crippen LogP contribution in [-0.2, 0) is 16.0 Å². The third kappa shape index (κ3) is 2.18. The molecule has 0 spiro atoms. The number of fused-ring (bicyclic) bond motifs is 3. The second-order valence-electron chi connectivity index (χ2n) is 5.29. The molecule has 0 bridgehead atoms. The monoisotopic (exact) mass is 323 g/mol. The van der Waals surface area contributed by atoms with E-state index in [1.54, 1.807) is 9.20 Å². The van der Waals surface area contributed by atoms with E-state index in [0.717, 1.165) is 11.3 Å². The van der Waals surface area contributed by atoms with E-state index < -0.39 is 5.97 Å². The Labute approximate surface area is 135 Å². The quantitative estimate of drug-likeness (QED) is 0.516. The van der Waals surface area contributed by atoms with Gasteiger partial charge in [-0.3, -0.25) is 4.79 Å². The normalized spacial score (nSPS) is 11.2. The Hall–Kier alpha value is -3.36. The van der Waals surface area contributed by atoms with Crippen LogP contribution in [0, 0.1) is 6.92 Å². The number of ether oxygens (including phenoxy) is 1. The second-order valence-corrected chi connectivity index (χ2v) is 5.29. The van der Waals surface area contributed by atoms with E-state index in [4.69, 9.17) is 4.74 Å². The number of esters is 1. The molecule has 4 aromatic rings. The van der Waals surface area contributed by atoms with Crippen molar-refractivity contribution >= 4 is 22.9 Å². The van der Waals surface area contributed by atoms with Gasteiger partial charge in [-0.2, -0.15) is 19.7 Å². The number of benzene rings is 1. The fourth-order valence-electron chi connectivity index (χ4n) is 2.48. The molecular weight excluding hydrogens is 310 g/mol. The van der Waals surface area contributed by atoms with Gasteiger partial charge in [0.1, 0.15) is 12.0 Å². The van der Waals surface area contributed by atoms with Crippen molar-refractivity contribution in [1.82, 2.24) is 34.6 Å². The Kier molecular flexibility index (Phi) is 3.19. The van der Waals surface area contributed by atoms with Crippen molar-refractivity contribution in [3.05, 3.63) is 41.9 Å². The minimum atomic E-state index is -0.397. The number of nitrogens with zero attached hydrogens (tertiary/aromatic N) is 7. The fourth-order valence-corrected chi connectivity index (χ4v) is 2.48. The average molecular weight is 323 g/mol. The molecule has 24 heavy (non-hydrogen) atoms. The molecular formula is C15H13N7O2. The van der Waals surface area contributed by atoms with Crippen LogP contribution in [0.25, 0.3) is 22.6 Å². The number of methoxy groups -OCH3 is 1. The lowest BCUT2D eigenvalue weighted by Gasteiger charge is -2.04. The van der Waals surface area contributed by atoms with Gasteiger partial charge < -0.3 is 4.74 Å². The van der Waals surface area contributed by atoms with Gasteiger partial charge in [-0.05, 0) is 19.1 Å². The summed E-state index contributed by atoms with van der Waals surface area (Å²) in [6.07, 6.45) is 1.40. The summed E-state index contributed by atoms with van der Waals surface area (Å²) in [5.41, 5.74) is 3.52. The minimum Gasteiger partial charge on any atom is -0.469 e. The number of carbonyl (C=O) groups is 1. The van der Waals surface area contributed by atoms with E-state index in [1.807, 2.05) is 31.2 Å². The summed E-state index contributed by atoms with van der Waals surface area (Å²) in [6, 6.07) is 7.84. The largest absolute Gasteiger partial charge is 0.469 e. The number of aryl methyl sites for hydroxylation is 1. The van der Waals surface area contributed by atoms with Crippen molar-refractivity contribution in [2.75, 3.05) is 7.11 Å². The Bertz CT molecular complexity index is 1050. The van der Waals surface area contributed by atoms with Crippen LogP contribution in [-0.4, -0.2) is 47.7 Å². The van der Waals surface area contributed by atoms with Gasteiger partial charge in [0.05, 0.1) is 19.2 Å². The highest BCUT2D eigenvalue weighted by Gasteiger charge is 2.20. The van der Waals surface area contributed by atoms with Crippen molar-refractivity contribution in [2.24, 2.45) is 0 Å². The highest BCUT2D eigenvalue weighted by Crippen LogP contribution is 2.21. The summed E-state index contributed by atoms with van der Waals surface area (Å²) in [6.45, 7) is 2.01. The number of aromatic nitrogens is 7. The van der Waals surface area contributed by atoms with Crippen LogP contribution in [0.3, 0.4) is 0 Å². The lowest BCUT2D eigenvalue weighted by atomic mass is 10.2. The van der Waals surface area contributed by atoms with E-state index in [2.05, 4.69) is 25.4 Å². The molecule has 0 amide bonds. The number of hydrogen-bond acceptors (Lipinski definition) is 7. The zero-order valence-corrected chi connectivity index (χ0v) is 13.0. The lowest BCUT2D eigenvalue weighted by molar-refractivity contribution is -0.139. The molecule has 0 N–H and O–H groups in total. The van der Waals surface area contributed by atoms with Gasteiger partial charge >= 0.3 is 5.97 Å². The molecule has 0 aliphatic heterocycles. The summed E-state index contributed by atoms with van der Waals surface area (Å²) in [4.78, 5) is 15.7. The molecule has 0 aliphatic rings. The molecule has 0 unspecified atom stereocenters. The summed E-state index contributed by atoms with van der Waals surface area (Å²) in [7, 11) is 1.34. The molecule has 0 atom stereocenters. The summed E-state index contributed by atoms with van der Waals surface area (Å²) in [5, 5.41) is 16.9. The molecule has 0 radical (unpaired) electrons. The van der Waals surface area contributed by atoms with E-state index in [1.165, 1.54) is 13.4 Å². The summed E-state index contributed by atoms with van der Waals surface area (Å²) < 4.78 is 7.97. The van der Waals surface area contributed by atoms with Crippen LogP contribution in [0.1, 0.15) is 11.3 Å². The maximum Gasteiger partial charge on any atom is 0.311 e. The molecule has 9 nitrogen and oxygen atoms in total. The Morgan fingerprint density at radius 1 is 1.21 bits per heavy atom. The Morgan fingerprint density at radius 3 is 2.75 bits per heavy atom. The number of hydrogen-bond donors (Lipinski definition) is 0. The number of carbonyl (C=O) groups excluding carboxylic acids is 1. The maximum absolute atomic E-state index is 11.7. The Morgan fingerprint density at radius 2 is 2.00 bits per heavy atom. The standard InChI is InChI=1S/C15H13N7O2/c1-9-3-5-10(6-4-9)21-14-13(11(20-21)7-12(23)24-2)18-19-15-16-8-17-22(14)15/h3-6,8H,7H2,1-2H3. The maximum atomic E-state index is 11.7. The van der Waals surface area contributed by atoms with Crippen LogP contribution in [0.5, 0.6) is 0 Å². The molecule has 0 aliphatic carbocycles. The molecule has 3 heterocycles. The van der Waals surface area contributed by atoms with Crippen molar-refractivity contribution in [2.45, 2.75) is 13.3 Å². The summed E-state index contributed by atoms with van der Waals surface area (Å²) >= 11 is 0. The van der Waals surface area contributed by atoms with Gasteiger partial charge in [-0.15, -0.1) is 10.2 Å². The van der Waals surface area contributed by atoms with E-state index >= 15 is 0 Å². The first-order chi connectivity index (χ1) is 11.7. The van der Waals surface area contributed by atoms with Crippen molar-refractivity contribution in [3.8, 4) is 5.69 Å². The average Bonchev–Trinajstić information content (AvgIpc) is 3.20. The Balaban J connectivity index is 2.01. The van der Waals surface area contributed by atoms with Gasteiger partial charge in [-0.1, -0.05) is 17.7 Å². The molecule has 0 saturated carbocycles. The van der Waals surface area contributed by atoms with Crippen molar-refractivity contribution < 1.29 is 9.53 Å². The SMILES string of the molecule is COC(=O)Cc1nn(-c2ccc(C)cc2)c2c1nnc1ncnn12. The van der Waals surface area contributed by atoms with Crippen LogP contribution < -0.4 is 0 Å². The molecule has 9 heteroatoms. The van der Waals surface area contributed by atoms with E-state index in [9.17, 15) is 4.79 Å². The highest BCUT2D eigenvalue weighted by atomic mass is 16.5. The second kappa shape index (κ2) is 5.37. The first-order valence-corrected chi connectivity index (χ1v) is 7.25. The molecule has 1 aromatic carbocycles. The third-order valence-corrected chi connectivity index (χ3v) is 3.69. The van der Waals surface area contributed by atoms with E-state index in [-0.39, 0.29) is 6.42 Å². The first-order valence-electron chi connectivity index (χ1n) is 7.25. The topological polar surface area (TPSA) is 100 Å². The molecule has 0 saturated heterocycles. The zero-order chi connectivity index (χ0) is 16.7. The van der Waals surface area contributed by atoms with Crippen molar-refractivity contribution in [1.29, 1.82) is 0 Å². The molecule has 0 fully saturated rings. The molecule has 120 valence electrons. The van der Waals surface area contributed by atoms with Crippen molar-refractivity contribution in [3.63, 3.8) is 0 Å². The molecule has 4 rings (SSSR count). The van der Waals surface area contributed by atoms with Crippen LogP contribution in [0.4, 0.5) is 0 Å². The minimum absolute atomic E-state index is 0.000739. The highest BCUT2D eigenvalue weighted by molar-refractivity contribution is 5.82. The lowest BCUT2D eigenvalue weighted by Crippen LogP contribution is -2.06. The van der Waals surface area contributed by atoms with Crippen LogP contribution in [0.15, 0.2) is 30.6 Å². The number of rotatable bonds is 3. The van der Waals surface area contributed by atoms with Crippen LogP contribution >= 0.6 is 0 Å². The van der Waals surface area contributed by atoms with E-state index in [0.29, 0.717) is 22.6 Å². The summed E-state index contributed by atoms with van der Waals surface area (Å²) in [5.74, 6) is -0.0358. The smallest absolute Gasteiger partial charge is 0.311 e. The van der Waals surface area contributed by atoms with Gasteiger partial charge in [-0.25, -0.2) is 4.68 Å². The fraction of sp³-hybridized carbons (Fsp3) is 0.200. The predicted octanol–water partition coefficient (Wildman–Crippen LogP) is 0.882. The van der Waals surface area contributed by atoms with Gasteiger partial charge in [0.15, 0.2) is 11.2 Å². The third-order valence-electron chi connectivity index (χ3n) is 3.69. The van der Waals surface area contributed by atoms with Gasteiger partial charge in [0.2, 0.25) is 0 Å². The zero-order valence-electron chi connectivity index (χ0n) is 13.0. The first kappa shape index (κ1) is 14.2. The van der Waals surface area contributed by atoms with Gasteiger partial charge in [0.25, 0.3) is 5.78 Å². The predicted molar refractivity (Wildman–Crippen MR) is 83.7 cm³/mol. The van der Waals surface area contributed by atoms with Gasteiger partial charge in [0, 0.05) is 0 Å².